The molecule has 0 aliphatic carbocycles. The van der Waals surface area contributed by atoms with Gasteiger partial charge in [0.15, 0.2) is 0 Å². The minimum Gasteiger partial charge on any atom is -0.306 e. The molecule has 112 valence electrons. The molecular weight excluding hydrogens is 256 g/mol. The highest BCUT2D eigenvalue weighted by molar-refractivity contribution is 5.23. The van der Waals surface area contributed by atoms with Crippen molar-refractivity contribution >= 4 is 0 Å². The fourth-order valence-corrected chi connectivity index (χ4v) is 2.59. The van der Waals surface area contributed by atoms with Crippen LogP contribution < -0.4 is 5.32 Å². The Morgan fingerprint density at radius 3 is 2.62 bits per heavy atom. The molecule has 0 aliphatic rings. The van der Waals surface area contributed by atoms with Gasteiger partial charge >= 0.3 is 0 Å². The second kappa shape index (κ2) is 8.58. The van der Waals surface area contributed by atoms with Gasteiger partial charge in [-0.1, -0.05) is 56.5 Å². The molecule has 2 heteroatoms. The highest BCUT2D eigenvalue weighted by Crippen LogP contribution is 2.20. The zero-order chi connectivity index (χ0) is 14.9. The molecule has 0 saturated carbocycles. The van der Waals surface area contributed by atoms with Crippen LogP contribution in [-0.4, -0.2) is 4.98 Å². The highest BCUT2D eigenvalue weighted by Gasteiger charge is 2.10. The van der Waals surface area contributed by atoms with E-state index in [-0.39, 0.29) is 0 Å². The molecule has 0 saturated heterocycles. The molecule has 0 spiro atoms. The number of unbranched alkanes of at least 4 members (excludes halogenated alkanes) is 2. The third-order valence-corrected chi connectivity index (χ3v) is 3.98. The van der Waals surface area contributed by atoms with Gasteiger partial charge in [-0.05, 0) is 36.1 Å². The molecule has 0 amide bonds. The van der Waals surface area contributed by atoms with Crippen LogP contribution >= 0.6 is 0 Å². The molecule has 1 atom stereocenters. The SMILES string of the molecule is CCCCCC(NCc1cnccc1C)c1ccccc1. The Bertz CT molecular complexity index is 522. The zero-order valence-corrected chi connectivity index (χ0v) is 13.2. The van der Waals surface area contributed by atoms with Gasteiger partial charge in [-0.3, -0.25) is 4.98 Å². The van der Waals surface area contributed by atoms with Gasteiger partial charge < -0.3 is 5.32 Å². The lowest BCUT2D eigenvalue weighted by Crippen LogP contribution is -2.21. The van der Waals surface area contributed by atoms with Crippen LogP contribution in [0.15, 0.2) is 48.8 Å². The van der Waals surface area contributed by atoms with E-state index in [0.29, 0.717) is 6.04 Å². The molecule has 0 bridgehead atoms. The monoisotopic (exact) mass is 282 g/mol. The smallest absolute Gasteiger partial charge is 0.0323 e. The summed E-state index contributed by atoms with van der Waals surface area (Å²) in [5.41, 5.74) is 3.97. The lowest BCUT2D eigenvalue weighted by Gasteiger charge is -2.20. The van der Waals surface area contributed by atoms with Gasteiger partial charge in [0.25, 0.3) is 0 Å². The minimum absolute atomic E-state index is 0.428. The predicted octanol–water partition coefficient (Wildman–Crippen LogP) is 4.80. The van der Waals surface area contributed by atoms with Crippen molar-refractivity contribution in [2.45, 2.75) is 52.1 Å². The van der Waals surface area contributed by atoms with Gasteiger partial charge in [-0.2, -0.15) is 0 Å². The second-order valence-electron chi connectivity index (χ2n) is 5.64. The molecule has 2 rings (SSSR count). The average Bonchev–Trinajstić information content (AvgIpc) is 2.53. The summed E-state index contributed by atoms with van der Waals surface area (Å²) in [6, 6.07) is 13.3. The van der Waals surface area contributed by atoms with Gasteiger partial charge in [0, 0.05) is 25.0 Å². The van der Waals surface area contributed by atoms with E-state index in [1.165, 1.54) is 42.4 Å². The first-order valence-electron chi connectivity index (χ1n) is 7.99. The van der Waals surface area contributed by atoms with Crippen LogP contribution in [-0.2, 0) is 6.54 Å². The molecule has 2 aromatic rings. The summed E-state index contributed by atoms with van der Waals surface area (Å²) in [6.45, 7) is 5.28. The molecule has 1 unspecified atom stereocenters. The van der Waals surface area contributed by atoms with Crippen LogP contribution in [0.25, 0.3) is 0 Å². The van der Waals surface area contributed by atoms with Crippen molar-refractivity contribution < 1.29 is 0 Å². The lowest BCUT2D eigenvalue weighted by atomic mass is 10.00. The van der Waals surface area contributed by atoms with Crippen LogP contribution in [0.1, 0.15) is 55.3 Å². The van der Waals surface area contributed by atoms with E-state index in [4.69, 9.17) is 0 Å². The number of rotatable bonds is 8. The summed E-state index contributed by atoms with van der Waals surface area (Å²) in [6.07, 6.45) is 8.86. The summed E-state index contributed by atoms with van der Waals surface area (Å²) in [5, 5.41) is 3.71. The van der Waals surface area contributed by atoms with E-state index in [9.17, 15) is 0 Å². The second-order valence-corrected chi connectivity index (χ2v) is 5.64. The van der Waals surface area contributed by atoms with Crippen molar-refractivity contribution in [3.05, 3.63) is 65.5 Å². The fraction of sp³-hybridized carbons (Fsp3) is 0.421. The van der Waals surface area contributed by atoms with Crippen LogP contribution in [0.3, 0.4) is 0 Å². The summed E-state index contributed by atoms with van der Waals surface area (Å²) >= 11 is 0. The Hall–Kier alpha value is -1.67. The fourth-order valence-electron chi connectivity index (χ4n) is 2.59. The molecule has 1 heterocycles. The number of benzene rings is 1. The number of hydrogen-bond donors (Lipinski definition) is 1. The molecule has 0 aliphatic heterocycles. The lowest BCUT2D eigenvalue weighted by molar-refractivity contribution is 0.472. The number of aromatic nitrogens is 1. The maximum absolute atomic E-state index is 4.23. The zero-order valence-electron chi connectivity index (χ0n) is 13.2. The molecule has 1 N–H and O–H groups in total. The molecule has 0 fully saturated rings. The van der Waals surface area contributed by atoms with Crippen molar-refractivity contribution in [3.8, 4) is 0 Å². The number of hydrogen-bond acceptors (Lipinski definition) is 2. The standard InChI is InChI=1S/C19H26N2/c1-3-4-6-11-19(17-9-7-5-8-10-17)21-15-18-14-20-13-12-16(18)2/h5,7-10,12-14,19,21H,3-4,6,11,15H2,1-2H3. The van der Waals surface area contributed by atoms with E-state index in [1.54, 1.807) is 0 Å². The van der Waals surface area contributed by atoms with E-state index >= 15 is 0 Å². The first-order valence-corrected chi connectivity index (χ1v) is 7.99. The molecular formula is C19H26N2. The molecule has 1 aromatic heterocycles. The normalized spacial score (nSPS) is 12.3. The summed E-state index contributed by atoms with van der Waals surface area (Å²) in [5.74, 6) is 0. The Balaban J connectivity index is 2.00. The van der Waals surface area contributed by atoms with E-state index < -0.39 is 0 Å². The van der Waals surface area contributed by atoms with Crippen LogP contribution in [0.4, 0.5) is 0 Å². The Morgan fingerprint density at radius 2 is 1.90 bits per heavy atom. The molecule has 0 radical (unpaired) electrons. The third kappa shape index (κ3) is 4.98. The van der Waals surface area contributed by atoms with Crippen molar-refractivity contribution in [1.82, 2.24) is 10.3 Å². The van der Waals surface area contributed by atoms with Crippen LogP contribution in [0, 0.1) is 6.92 Å². The van der Waals surface area contributed by atoms with Crippen LogP contribution in [0.5, 0.6) is 0 Å². The summed E-state index contributed by atoms with van der Waals surface area (Å²) in [7, 11) is 0. The van der Waals surface area contributed by atoms with E-state index in [0.717, 1.165) is 6.54 Å². The van der Waals surface area contributed by atoms with Crippen molar-refractivity contribution in [2.24, 2.45) is 0 Å². The van der Waals surface area contributed by atoms with Gasteiger partial charge in [0.2, 0.25) is 0 Å². The van der Waals surface area contributed by atoms with Gasteiger partial charge in [-0.25, -0.2) is 0 Å². The molecule has 2 nitrogen and oxygen atoms in total. The van der Waals surface area contributed by atoms with E-state index in [2.05, 4.69) is 60.5 Å². The van der Waals surface area contributed by atoms with E-state index in [1.807, 2.05) is 12.4 Å². The number of aryl methyl sites for hydroxylation is 1. The first-order chi connectivity index (χ1) is 10.3. The largest absolute Gasteiger partial charge is 0.306 e. The van der Waals surface area contributed by atoms with Crippen molar-refractivity contribution in [2.75, 3.05) is 0 Å². The summed E-state index contributed by atoms with van der Waals surface area (Å²) < 4.78 is 0. The molecule has 1 aromatic carbocycles. The number of nitrogens with one attached hydrogen (secondary N) is 1. The number of nitrogens with zero attached hydrogens (tertiary/aromatic N) is 1. The quantitative estimate of drug-likeness (QED) is 0.703. The van der Waals surface area contributed by atoms with Crippen molar-refractivity contribution in [1.29, 1.82) is 0 Å². The molecule has 21 heavy (non-hydrogen) atoms. The Kier molecular flexibility index (Phi) is 6.42. The Labute approximate surface area is 128 Å². The minimum atomic E-state index is 0.428. The topological polar surface area (TPSA) is 24.9 Å². The Morgan fingerprint density at radius 1 is 1.10 bits per heavy atom. The van der Waals surface area contributed by atoms with Crippen molar-refractivity contribution in [3.63, 3.8) is 0 Å². The maximum Gasteiger partial charge on any atom is 0.0323 e. The first kappa shape index (κ1) is 15.7. The highest BCUT2D eigenvalue weighted by atomic mass is 14.9. The van der Waals surface area contributed by atoms with Gasteiger partial charge in [-0.15, -0.1) is 0 Å². The van der Waals surface area contributed by atoms with Gasteiger partial charge in [0.05, 0.1) is 0 Å². The number of pyridine rings is 1. The third-order valence-electron chi connectivity index (χ3n) is 3.98. The van der Waals surface area contributed by atoms with Crippen LogP contribution in [0.2, 0.25) is 0 Å². The predicted molar refractivity (Wildman–Crippen MR) is 89.1 cm³/mol. The van der Waals surface area contributed by atoms with Gasteiger partial charge in [0.1, 0.15) is 0 Å². The summed E-state index contributed by atoms with van der Waals surface area (Å²) in [4.78, 5) is 4.23. The average molecular weight is 282 g/mol. The maximum atomic E-state index is 4.23.